The second-order valence-electron chi connectivity index (χ2n) is 3.51. The van der Waals surface area contributed by atoms with Gasteiger partial charge in [0.15, 0.2) is 0 Å². The van der Waals surface area contributed by atoms with Crippen LogP contribution < -0.4 is 16.6 Å². The Labute approximate surface area is 92.7 Å². The molecule has 2 rings (SSSR count). The Morgan fingerprint density at radius 3 is 2.81 bits per heavy atom. The van der Waals surface area contributed by atoms with Gasteiger partial charge in [0.2, 0.25) is 0 Å². The van der Waals surface area contributed by atoms with Crippen LogP contribution in [0.15, 0.2) is 29.1 Å². The standard InChI is InChI=1S/C11H14N4O/c12-5-6-13-7-10-8-3-1-2-4-9(8)11(16)15-14-10/h1-4,13H,5-7,12H2,(H,15,16). The van der Waals surface area contributed by atoms with Crippen LogP contribution in [-0.4, -0.2) is 23.3 Å². The Balaban J connectivity index is 2.38. The van der Waals surface area contributed by atoms with Crippen molar-refractivity contribution in [3.63, 3.8) is 0 Å². The van der Waals surface area contributed by atoms with E-state index >= 15 is 0 Å². The second kappa shape index (κ2) is 4.87. The monoisotopic (exact) mass is 218 g/mol. The molecule has 0 saturated heterocycles. The summed E-state index contributed by atoms with van der Waals surface area (Å²) in [6.07, 6.45) is 0. The maximum Gasteiger partial charge on any atom is 0.272 e. The van der Waals surface area contributed by atoms with E-state index in [1.807, 2.05) is 18.2 Å². The van der Waals surface area contributed by atoms with Crippen molar-refractivity contribution in [1.29, 1.82) is 0 Å². The summed E-state index contributed by atoms with van der Waals surface area (Å²) >= 11 is 0. The van der Waals surface area contributed by atoms with Gasteiger partial charge in [-0.05, 0) is 6.07 Å². The van der Waals surface area contributed by atoms with Crippen molar-refractivity contribution in [3.05, 3.63) is 40.3 Å². The van der Waals surface area contributed by atoms with Gasteiger partial charge >= 0.3 is 0 Å². The molecule has 0 bridgehead atoms. The van der Waals surface area contributed by atoms with Crippen molar-refractivity contribution < 1.29 is 0 Å². The van der Waals surface area contributed by atoms with E-state index in [1.165, 1.54) is 0 Å². The predicted molar refractivity (Wildman–Crippen MR) is 63.1 cm³/mol. The summed E-state index contributed by atoms with van der Waals surface area (Å²) in [5.41, 5.74) is 6.07. The van der Waals surface area contributed by atoms with Gasteiger partial charge in [0.05, 0.1) is 11.1 Å². The molecular formula is C11H14N4O. The zero-order valence-electron chi connectivity index (χ0n) is 8.86. The van der Waals surface area contributed by atoms with Gasteiger partial charge in [0, 0.05) is 25.0 Å². The average molecular weight is 218 g/mol. The Kier molecular flexibility index (Phi) is 3.28. The molecule has 4 N–H and O–H groups in total. The van der Waals surface area contributed by atoms with Gasteiger partial charge in [-0.15, -0.1) is 0 Å². The highest BCUT2D eigenvalue weighted by molar-refractivity contribution is 5.83. The molecule has 0 aliphatic heterocycles. The van der Waals surface area contributed by atoms with Gasteiger partial charge in [-0.3, -0.25) is 4.79 Å². The molecule has 0 radical (unpaired) electrons. The number of fused-ring (bicyclic) bond motifs is 1. The summed E-state index contributed by atoms with van der Waals surface area (Å²) < 4.78 is 0. The van der Waals surface area contributed by atoms with Gasteiger partial charge < -0.3 is 11.1 Å². The van der Waals surface area contributed by atoms with Crippen molar-refractivity contribution in [1.82, 2.24) is 15.5 Å². The molecule has 0 saturated carbocycles. The first-order chi connectivity index (χ1) is 7.83. The molecule has 16 heavy (non-hydrogen) atoms. The quantitative estimate of drug-likeness (QED) is 0.629. The van der Waals surface area contributed by atoms with Crippen LogP contribution in [0.5, 0.6) is 0 Å². The van der Waals surface area contributed by atoms with Gasteiger partial charge in [0.25, 0.3) is 5.56 Å². The van der Waals surface area contributed by atoms with Crippen molar-refractivity contribution in [2.75, 3.05) is 13.1 Å². The van der Waals surface area contributed by atoms with Gasteiger partial charge in [-0.25, -0.2) is 5.10 Å². The van der Waals surface area contributed by atoms with E-state index in [1.54, 1.807) is 6.07 Å². The normalized spacial score (nSPS) is 10.8. The van der Waals surface area contributed by atoms with Crippen molar-refractivity contribution in [3.8, 4) is 0 Å². The van der Waals surface area contributed by atoms with Crippen LogP contribution in [0, 0.1) is 0 Å². The summed E-state index contributed by atoms with van der Waals surface area (Å²) in [5, 5.41) is 11.2. The number of hydrogen-bond donors (Lipinski definition) is 3. The Morgan fingerprint density at radius 2 is 2.06 bits per heavy atom. The summed E-state index contributed by atoms with van der Waals surface area (Å²) in [6.45, 7) is 1.92. The van der Waals surface area contributed by atoms with E-state index in [0.29, 0.717) is 18.5 Å². The first-order valence-electron chi connectivity index (χ1n) is 5.20. The van der Waals surface area contributed by atoms with E-state index in [0.717, 1.165) is 17.6 Å². The van der Waals surface area contributed by atoms with Gasteiger partial charge in [-0.1, -0.05) is 18.2 Å². The van der Waals surface area contributed by atoms with Crippen LogP contribution in [0.1, 0.15) is 5.69 Å². The Bertz CT molecular complexity index is 535. The molecule has 0 spiro atoms. The first kappa shape index (κ1) is 10.8. The third kappa shape index (κ3) is 2.10. The first-order valence-corrected chi connectivity index (χ1v) is 5.20. The molecule has 2 aromatic rings. The highest BCUT2D eigenvalue weighted by Gasteiger charge is 2.04. The Hall–Kier alpha value is -1.72. The number of benzene rings is 1. The molecule has 1 heterocycles. The average Bonchev–Trinajstić information content (AvgIpc) is 2.33. The van der Waals surface area contributed by atoms with Crippen LogP contribution in [-0.2, 0) is 6.54 Å². The number of aromatic amines is 1. The van der Waals surface area contributed by atoms with E-state index < -0.39 is 0 Å². The number of H-pyrrole nitrogens is 1. The highest BCUT2D eigenvalue weighted by Crippen LogP contribution is 2.11. The lowest BCUT2D eigenvalue weighted by atomic mass is 10.1. The third-order valence-electron chi connectivity index (χ3n) is 2.39. The Morgan fingerprint density at radius 1 is 1.31 bits per heavy atom. The molecule has 0 fully saturated rings. The molecule has 0 unspecified atom stereocenters. The minimum atomic E-state index is -0.154. The van der Waals surface area contributed by atoms with Gasteiger partial charge in [0.1, 0.15) is 0 Å². The topological polar surface area (TPSA) is 83.8 Å². The van der Waals surface area contributed by atoms with Crippen molar-refractivity contribution in [2.45, 2.75) is 6.54 Å². The largest absolute Gasteiger partial charge is 0.329 e. The molecule has 0 atom stereocenters. The van der Waals surface area contributed by atoms with Crippen LogP contribution in [0.2, 0.25) is 0 Å². The van der Waals surface area contributed by atoms with Crippen LogP contribution in [0.3, 0.4) is 0 Å². The molecular weight excluding hydrogens is 204 g/mol. The molecule has 0 aliphatic rings. The van der Waals surface area contributed by atoms with Gasteiger partial charge in [-0.2, -0.15) is 5.10 Å². The second-order valence-corrected chi connectivity index (χ2v) is 3.51. The smallest absolute Gasteiger partial charge is 0.272 e. The molecule has 5 nitrogen and oxygen atoms in total. The van der Waals surface area contributed by atoms with Crippen LogP contribution in [0.4, 0.5) is 0 Å². The number of aromatic nitrogens is 2. The summed E-state index contributed by atoms with van der Waals surface area (Å²) in [5.74, 6) is 0. The maximum atomic E-state index is 11.5. The van der Waals surface area contributed by atoms with E-state index in [4.69, 9.17) is 5.73 Å². The lowest BCUT2D eigenvalue weighted by molar-refractivity contribution is 0.677. The fourth-order valence-electron chi connectivity index (χ4n) is 1.62. The molecule has 5 heteroatoms. The molecule has 1 aromatic carbocycles. The molecule has 0 aliphatic carbocycles. The summed E-state index contributed by atoms with van der Waals surface area (Å²) in [4.78, 5) is 11.5. The number of nitrogens with one attached hydrogen (secondary N) is 2. The zero-order valence-corrected chi connectivity index (χ0v) is 8.86. The lowest BCUT2D eigenvalue weighted by Crippen LogP contribution is -2.23. The minimum Gasteiger partial charge on any atom is -0.329 e. The zero-order chi connectivity index (χ0) is 11.4. The number of nitrogens with zero attached hydrogens (tertiary/aromatic N) is 1. The SMILES string of the molecule is NCCNCc1n[nH]c(=O)c2ccccc12. The molecule has 0 amide bonds. The number of nitrogens with two attached hydrogens (primary N) is 1. The molecule has 1 aromatic heterocycles. The van der Waals surface area contributed by atoms with Crippen molar-refractivity contribution in [2.24, 2.45) is 5.73 Å². The fourth-order valence-corrected chi connectivity index (χ4v) is 1.62. The molecule has 84 valence electrons. The van der Waals surface area contributed by atoms with Crippen LogP contribution >= 0.6 is 0 Å². The highest BCUT2D eigenvalue weighted by atomic mass is 16.1. The third-order valence-corrected chi connectivity index (χ3v) is 2.39. The van der Waals surface area contributed by atoms with Crippen molar-refractivity contribution >= 4 is 10.8 Å². The lowest BCUT2D eigenvalue weighted by Gasteiger charge is -2.05. The van der Waals surface area contributed by atoms with E-state index in [9.17, 15) is 4.79 Å². The van der Waals surface area contributed by atoms with Crippen LogP contribution in [0.25, 0.3) is 10.8 Å². The minimum absolute atomic E-state index is 0.154. The predicted octanol–water partition coefficient (Wildman–Crippen LogP) is -0.0286. The summed E-state index contributed by atoms with van der Waals surface area (Å²) in [7, 11) is 0. The van der Waals surface area contributed by atoms with E-state index in [-0.39, 0.29) is 5.56 Å². The summed E-state index contributed by atoms with van der Waals surface area (Å²) in [6, 6.07) is 7.43. The fraction of sp³-hybridized carbons (Fsp3) is 0.273. The van der Waals surface area contributed by atoms with E-state index in [2.05, 4.69) is 15.5 Å². The maximum absolute atomic E-state index is 11.5. The number of hydrogen-bond acceptors (Lipinski definition) is 4. The number of rotatable bonds is 4.